The molecule has 1 fully saturated rings. The molecule has 1 atom stereocenters. The second-order valence-electron chi connectivity index (χ2n) is 6.08. The van der Waals surface area contributed by atoms with Crippen molar-refractivity contribution in [1.29, 1.82) is 0 Å². The minimum absolute atomic E-state index is 0.0287. The zero-order chi connectivity index (χ0) is 15.6. The van der Waals surface area contributed by atoms with E-state index in [1.54, 1.807) is 6.20 Å². The molecule has 0 saturated heterocycles. The molecular formula is C17H20N2O2S. The Morgan fingerprint density at radius 1 is 1.41 bits per heavy atom. The van der Waals surface area contributed by atoms with Gasteiger partial charge < -0.3 is 10.4 Å². The van der Waals surface area contributed by atoms with Gasteiger partial charge in [0, 0.05) is 6.42 Å². The summed E-state index contributed by atoms with van der Waals surface area (Å²) >= 11 is 1.41. The molecule has 5 heteroatoms. The lowest BCUT2D eigenvalue weighted by molar-refractivity contribution is 0.0828. The van der Waals surface area contributed by atoms with E-state index in [1.165, 1.54) is 16.9 Å². The van der Waals surface area contributed by atoms with Gasteiger partial charge in [-0.3, -0.25) is 4.79 Å². The zero-order valence-electron chi connectivity index (χ0n) is 12.6. The SMILES string of the molecule is CC(CO)(NC(=O)c1cnc(Cc2ccccc2)s1)C1CC1. The predicted octanol–water partition coefficient (Wildman–Crippen LogP) is 2.62. The molecular weight excluding hydrogens is 296 g/mol. The van der Waals surface area contributed by atoms with Gasteiger partial charge in [-0.1, -0.05) is 30.3 Å². The van der Waals surface area contributed by atoms with Crippen LogP contribution in [0.3, 0.4) is 0 Å². The number of rotatable bonds is 6. The predicted molar refractivity (Wildman–Crippen MR) is 87.0 cm³/mol. The van der Waals surface area contributed by atoms with E-state index in [2.05, 4.69) is 22.4 Å². The van der Waals surface area contributed by atoms with Gasteiger partial charge in [0.2, 0.25) is 0 Å². The second kappa shape index (κ2) is 6.18. The van der Waals surface area contributed by atoms with Crippen LogP contribution in [0, 0.1) is 5.92 Å². The van der Waals surface area contributed by atoms with Crippen LogP contribution in [0.15, 0.2) is 36.5 Å². The van der Waals surface area contributed by atoms with Gasteiger partial charge in [-0.05, 0) is 31.2 Å². The van der Waals surface area contributed by atoms with Crippen molar-refractivity contribution >= 4 is 17.2 Å². The number of thiazole rings is 1. The van der Waals surface area contributed by atoms with Crippen LogP contribution in [0.25, 0.3) is 0 Å². The van der Waals surface area contributed by atoms with Gasteiger partial charge in [0.15, 0.2) is 0 Å². The lowest BCUT2D eigenvalue weighted by atomic mass is 9.97. The number of amides is 1. The number of benzene rings is 1. The number of aliphatic hydroxyl groups is 1. The normalized spacial score (nSPS) is 17.0. The molecule has 1 aromatic heterocycles. The molecule has 1 saturated carbocycles. The Morgan fingerprint density at radius 3 is 2.77 bits per heavy atom. The summed E-state index contributed by atoms with van der Waals surface area (Å²) in [6.45, 7) is 1.88. The van der Waals surface area contributed by atoms with Gasteiger partial charge in [-0.2, -0.15) is 0 Å². The summed E-state index contributed by atoms with van der Waals surface area (Å²) in [7, 11) is 0. The fraction of sp³-hybridized carbons (Fsp3) is 0.412. The van der Waals surface area contributed by atoms with Gasteiger partial charge in [-0.25, -0.2) is 4.98 Å². The molecule has 0 bridgehead atoms. The first-order chi connectivity index (χ1) is 10.6. The van der Waals surface area contributed by atoms with Gasteiger partial charge >= 0.3 is 0 Å². The van der Waals surface area contributed by atoms with Crippen molar-refractivity contribution < 1.29 is 9.90 Å². The molecule has 3 rings (SSSR count). The molecule has 1 aromatic carbocycles. The van der Waals surface area contributed by atoms with Crippen LogP contribution in [0.4, 0.5) is 0 Å². The number of carbonyl (C=O) groups excluding carboxylic acids is 1. The first-order valence-corrected chi connectivity index (χ1v) is 8.34. The Hall–Kier alpha value is -1.72. The number of aliphatic hydroxyl groups excluding tert-OH is 1. The summed E-state index contributed by atoms with van der Waals surface area (Å²) < 4.78 is 0. The Kier molecular flexibility index (Phi) is 4.27. The summed E-state index contributed by atoms with van der Waals surface area (Å²) in [6.07, 6.45) is 4.50. The molecule has 1 aliphatic rings. The van der Waals surface area contributed by atoms with Crippen molar-refractivity contribution in [2.75, 3.05) is 6.61 Å². The van der Waals surface area contributed by atoms with Gasteiger partial charge in [0.1, 0.15) is 4.88 Å². The minimum atomic E-state index is -0.513. The molecule has 1 unspecified atom stereocenters. The third-order valence-corrected chi connectivity index (χ3v) is 5.18. The van der Waals surface area contributed by atoms with Crippen LogP contribution >= 0.6 is 11.3 Å². The van der Waals surface area contributed by atoms with Crippen molar-refractivity contribution in [3.05, 3.63) is 52.0 Å². The second-order valence-corrected chi connectivity index (χ2v) is 7.20. The molecule has 2 aromatic rings. The maximum atomic E-state index is 12.4. The minimum Gasteiger partial charge on any atom is -0.394 e. The fourth-order valence-electron chi connectivity index (χ4n) is 2.58. The van der Waals surface area contributed by atoms with Gasteiger partial charge in [0.05, 0.1) is 23.4 Å². The first-order valence-electron chi connectivity index (χ1n) is 7.53. The van der Waals surface area contributed by atoms with Crippen LogP contribution in [0.2, 0.25) is 0 Å². The number of aromatic nitrogens is 1. The lowest BCUT2D eigenvalue weighted by Gasteiger charge is -2.28. The maximum Gasteiger partial charge on any atom is 0.263 e. The molecule has 4 nitrogen and oxygen atoms in total. The molecule has 2 N–H and O–H groups in total. The number of hydrogen-bond donors (Lipinski definition) is 2. The molecule has 116 valence electrons. The highest BCUT2D eigenvalue weighted by atomic mass is 32.1. The highest BCUT2D eigenvalue weighted by Crippen LogP contribution is 2.39. The smallest absolute Gasteiger partial charge is 0.263 e. The molecule has 1 heterocycles. The van der Waals surface area contributed by atoms with Gasteiger partial charge in [0.25, 0.3) is 5.91 Å². The summed E-state index contributed by atoms with van der Waals surface area (Å²) in [5.41, 5.74) is 0.669. The highest BCUT2D eigenvalue weighted by Gasteiger charge is 2.42. The van der Waals surface area contributed by atoms with Crippen molar-refractivity contribution in [3.8, 4) is 0 Å². The lowest BCUT2D eigenvalue weighted by Crippen LogP contribution is -2.50. The molecule has 0 aliphatic heterocycles. The van der Waals surface area contributed by atoms with Crippen LogP contribution < -0.4 is 5.32 Å². The average molecular weight is 316 g/mol. The Morgan fingerprint density at radius 2 is 2.14 bits per heavy atom. The third-order valence-electron chi connectivity index (χ3n) is 4.18. The van der Waals surface area contributed by atoms with Crippen LogP contribution in [0.1, 0.15) is 40.0 Å². The Bertz CT molecular complexity index is 652. The third kappa shape index (κ3) is 3.36. The first kappa shape index (κ1) is 15.2. The number of hydrogen-bond acceptors (Lipinski definition) is 4. The van der Waals surface area contributed by atoms with Crippen molar-refractivity contribution in [2.24, 2.45) is 5.92 Å². The van der Waals surface area contributed by atoms with Crippen molar-refractivity contribution in [2.45, 2.75) is 31.7 Å². The number of carbonyl (C=O) groups is 1. The van der Waals surface area contributed by atoms with Gasteiger partial charge in [-0.15, -0.1) is 11.3 Å². The van der Waals surface area contributed by atoms with E-state index in [4.69, 9.17) is 0 Å². The van der Waals surface area contributed by atoms with E-state index in [-0.39, 0.29) is 12.5 Å². The molecule has 22 heavy (non-hydrogen) atoms. The molecule has 0 radical (unpaired) electrons. The van der Waals surface area contributed by atoms with E-state index in [1.807, 2.05) is 25.1 Å². The summed E-state index contributed by atoms with van der Waals surface area (Å²) in [5.74, 6) is 0.249. The van der Waals surface area contributed by atoms with Crippen molar-refractivity contribution in [1.82, 2.24) is 10.3 Å². The van der Waals surface area contributed by atoms with E-state index in [9.17, 15) is 9.90 Å². The fourth-order valence-corrected chi connectivity index (χ4v) is 3.43. The summed E-state index contributed by atoms with van der Waals surface area (Å²) in [4.78, 5) is 17.3. The zero-order valence-corrected chi connectivity index (χ0v) is 13.4. The van der Waals surface area contributed by atoms with Crippen LogP contribution in [-0.4, -0.2) is 28.1 Å². The standard InChI is InChI=1S/C17H20N2O2S/c1-17(11-20,13-7-8-13)19-16(21)14-10-18-15(22-14)9-12-5-3-2-4-6-12/h2-6,10,13,20H,7-9,11H2,1H3,(H,19,21). The largest absolute Gasteiger partial charge is 0.394 e. The monoisotopic (exact) mass is 316 g/mol. The molecule has 1 amide bonds. The van der Waals surface area contributed by atoms with E-state index >= 15 is 0 Å². The quantitative estimate of drug-likeness (QED) is 0.861. The highest BCUT2D eigenvalue weighted by molar-refractivity contribution is 7.13. The van der Waals surface area contributed by atoms with E-state index in [0.717, 1.165) is 24.3 Å². The summed E-state index contributed by atoms with van der Waals surface area (Å²) in [5, 5.41) is 13.5. The maximum absolute atomic E-state index is 12.4. The van der Waals surface area contributed by atoms with Crippen LogP contribution in [-0.2, 0) is 6.42 Å². The Labute approximate surface area is 134 Å². The number of nitrogens with zero attached hydrogens (tertiary/aromatic N) is 1. The molecule has 0 spiro atoms. The van der Waals surface area contributed by atoms with E-state index < -0.39 is 5.54 Å². The van der Waals surface area contributed by atoms with E-state index in [0.29, 0.717) is 10.8 Å². The topological polar surface area (TPSA) is 62.2 Å². The average Bonchev–Trinajstić information content (AvgIpc) is 3.29. The number of nitrogens with one attached hydrogen (secondary N) is 1. The Balaban J connectivity index is 1.66. The molecule has 1 aliphatic carbocycles. The van der Waals surface area contributed by atoms with Crippen LogP contribution in [0.5, 0.6) is 0 Å². The van der Waals surface area contributed by atoms with Crippen molar-refractivity contribution in [3.63, 3.8) is 0 Å². The summed E-state index contributed by atoms with van der Waals surface area (Å²) in [6, 6.07) is 10.1.